The van der Waals surface area contributed by atoms with E-state index in [1.165, 1.54) is 0 Å². The van der Waals surface area contributed by atoms with Gasteiger partial charge in [-0.15, -0.1) is 0 Å². The molecule has 0 bridgehead atoms. The minimum atomic E-state index is 0.400. The van der Waals surface area contributed by atoms with Crippen LogP contribution in [0.3, 0.4) is 0 Å². The van der Waals surface area contributed by atoms with E-state index in [1.54, 1.807) is 18.3 Å². The molecule has 7 heteroatoms. The molecule has 4 nitrogen and oxygen atoms in total. The maximum Gasteiger partial charge on any atom is 0.178 e. The number of pyridine rings is 1. The molecule has 0 radical (unpaired) electrons. The highest BCUT2D eigenvalue weighted by atomic mass is 79.9. The van der Waals surface area contributed by atoms with Crippen molar-refractivity contribution in [2.45, 2.75) is 0 Å². The van der Waals surface area contributed by atoms with Crippen molar-refractivity contribution in [3.63, 3.8) is 0 Å². The van der Waals surface area contributed by atoms with E-state index < -0.39 is 0 Å². The van der Waals surface area contributed by atoms with Crippen molar-refractivity contribution in [3.8, 4) is 11.4 Å². The number of benzene rings is 1. The number of halogens is 3. The number of nitrogens with zero attached hydrogens (tertiary/aromatic N) is 2. The predicted octanol–water partition coefficient (Wildman–Crippen LogP) is 4.28. The Balaban J connectivity index is 2.24. The third kappa shape index (κ3) is 2.29. The van der Waals surface area contributed by atoms with Gasteiger partial charge in [-0.2, -0.15) is 0 Å². The Morgan fingerprint density at radius 3 is 2.79 bits per heavy atom. The summed E-state index contributed by atoms with van der Waals surface area (Å²) in [5, 5.41) is 0.904. The van der Waals surface area contributed by atoms with E-state index in [0.717, 1.165) is 9.99 Å². The van der Waals surface area contributed by atoms with Crippen molar-refractivity contribution >= 4 is 56.0 Å². The molecule has 0 aliphatic rings. The normalized spacial score (nSPS) is 11.1. The molecule has 0 aliphatic heterocycles. The summed E-state index contributed by atoms with van der Waals surface area (Å²) in [7, 11) is 0. The zero-order valence-electron chi connectivity index (χ0n) is 9.42. The number of anilines is 1. The summed E-state index contributed by atoms with van der Waals surface area (Å²) in [5.74, 6) is 0.586. The number of imidazole rings is 1. The second-order valence-electron chi connectivity index (χ2n) is 3.96. The van der Waals surface area contributed by atoms with Gasteiger partial charge in [0.2, 0.25) is 0 Å². The second kappa shape index (κ2) is 4.67. The van der Waals surface area contributed by atoms with Gasteiger partial charge in [0.1, 0.15) is 5.82 Å². The summed E-state index contributed by atoms with van der Waals surface area (Å²) >= 11 is 15.4. The molecule has 0 fully saturated rings. The summed E-state index contributed by atoms with van der Waals surface area (Å²) in [6.45, 7) is 0. The second-order valence-corrected chi connectivity index (χ2v) is 5.72. The molecule has 0 saturated carbocycles. The molecular formula is C12H7BrCl2N4. The minimum absolute atomic E-state index is 0.400. The third-order valence-electron chi connectivity index (χ3n) is 2.65. The van der Waals surface area contributed by atoms with Crippen molar-refractivity contribution < 1.29 is 0 Å². The Kier molecular flexibility index (Phi) is 3.12. The molecule has 19 heavy (non-hydrogen) atoms. The van der Waals surface area contributed by atoms with E-state index in [-0.39, 0.29) is 0 Å². The fraction of sp³-hybridized carbons (Fsp3) is 0. The Labute approximate surface area is 127 Å². The molecule has 3 N–H and O–H groups in total. The zero-order valence-corrected chi connectivity index (χ0v) is 12.5. The number of hydrogen-bond donors (Lipinski definition) is 2. The number of nitrogen functional groups attached to an aromatic ring is 1. The Morgan fingerprint density at radius 2 is 2.00 bits per heavy atom. The van der Waals surface area contributed by atoms with Crippen LogP contribution < -0.4 is 5.73 Å². The minimum Gasteiger partial charge on any atom is -0.397 e. The molecule has 0 aliphatic carbocycles. The highest BCUT2D eigenvalue weighted by Crippen LogP contribution is 2.34. The van der Waals surface area contributed by atoms with E-state index in [9.17, 15) is 0 Å². The number of H-pyrrole nitrogens is 1. The van der Waals surface area contributed by atoms with Crippen molar-refractivity contribution in [1.29, 1.82) is 0 Å². The SMILES string of the molecule is Nc1c(Cl)cc(Cl)cc1-c1nc2ncc(Br)cc2[nH]1. The van der Waals surface area contributed by atoms with E-state index in [2.05, 4.69) is 30.9 Å². The van der Waals surface area contributed by atoms with Crippen LogP contribution in [0.15, 0.2) is 28.9 Å². The van der Waals surface area contributed by atoms with Gasteiger partial charge < -0.3 is 10.7 Å². The van der Waals surface area contributed by atoms with Gasteiger partial charge in [0, 0.05) is 21.3 Å². The van der Waals surface area contributed by atoms with Crippen LogP contribution in [-0.4, -0.2) is 15.0 Å². The number of rotatable bonds is 1. The Hall–Kier alpha value is -1.30. The fourth-order valence-corrected chi connectivity index (χ4v) is 2.61. The topological polar surface area (TPSA) is 67.6 Å². The summed E-state index contributed by atoms with van der Waals surface area (Å²) in [5.41, 5.74) is 8.46. The van der Waals surface area contributed by atoms with Crippen LogP contribution in [0.5, 0.6) is 0 Å². The monoisotopic (exact) mass is 356 g/mol. The molecule has 0 amide bonds. The molecule has 0 unspecified atom stereocenters. The molecule has 2 aromatic heterocycles. The third-order valence-corrected chi connectivity index (χ3v) is 3.62. The Bertz CT molecular complexity index is 785. The van der Waals surface area contributed by atoms with Crippen LogP contribution in [0.25, 0.3) is 22.6 Å². The maximum absolute atomic E-state index is 6.02. The van der Waals surface area contributed by atoms with Gasteiger partial charge in [-0.1, -0.05) is 23.2 Å². The van der Waals surface area contributed by atoms with Crippen LogP contribution in [0.2, 0.25) is 10.0 Å². The first kappa shape index (κ1) is 12.7. The van der Waals surface area contributed by atoms with Crippen LogP contribution >= 0.6 is 39.1 Å². The van der Waals surface area contributed by atoms with Crippen LogP contribution in [0, 0.1) is 0 Å². The largest absolute Gasteiger partial charge is 0.397 e. The van der Waals surface area contributed by atoms with Gasteiger partial charge >= 0.3 is 0 Å². The van der Waals surface area contributed by atoms with Gasteiger partial charge in [0.25, 0.3) is 0 Å². The number of fused-ring (bicyclic) bond motifs is 1. The first-order chi connectivity index (χ1) is 9.04. The molecule has 96 valence electrons. The average molecular weight is 358 g/mol. The van der Waals surface area contributed by atoms with Gasteiger partial charge in [0.15, 0.2) is 5.65 Å². The number of aromatic amines is 1. The lowest BCUT2D eigenvalue weighted by molar-refractivity contribution is 1.30. The summed E-state index contributed by atoms with van der Waals surface area (Å²) in [4.78, 5) is 11.7. The quantitative estimate of drug-likeness (QED) is 0.639. The van der Waals surface area contributed by atoms with Gasteiger partial charge in [-0.05, 0) is 34.1 Å². The van der Waals surface area contributed by atoms with Crippen LogP contribution in [0.4, 0.5) is 5.69 Å². The number of nitrogens with two attached hydrogens (primary N) is 1. The maximum atomic E-state index is 6.02. The molecule has 1 aromatic carbocycles. The van der Waals surface area contributed by atoms with Crippen LogP contribution in [0.1, 0.15) is 0 Å². The first-order valence-electron chi connectivity index (χ1n) is 5.31. The van der Waals surface area contributed by atoms with E-state index in [4.69, 9.17) is 28.9 Å². The lowest BCUT2D eigenvalue weighted by Crippen LogP contribution is -1.92. The predicted molar refractivity (Wildman–Crippen MR) is 81.5 cm³/mol. The summed E-state index contributed by atoms with van der Waals surface area (Å²) in [6, 6.07) is 5.20. The van der Waals surface area contributed by atoms with E-state index in [0.29, 0.717) is 32.8 Å². The lowest BCUT2D eigenvalue weighted by atomic mass is 10.1. The number of nitrogens with one attached hydrogen (secondary N) is 1. The molecule has 2 heterocycles. The van der Waals surface area contributed by atoms with Crippen LogP contribution in [-0.2, 0) is 0 Å². The molecule has 3 rings (SSSR count). The van der Waals surface area contributed by atoms with E-state index >= 15 is 0 Å². The van der Waals surface area contributed by atoms with Crippen molar-refractivity contribution in [2.75, 3.05) is 5.73 Å². The first-order valence-corrected chi connectivity index (χ1v) is 6.85. The van der Waals surface area contributed by atoms with Gasteiger partial charge in [-0.3, -0.25) is 0 Å². The number of hydrogen-bond acceptors (Lipinski definition) is 3. The summed E-state index contributed by atoms with van der Waals surface area (Å²) in [6.07, 6.45) is 1.68. The standard InChI is InChI=1S/C12H7BrCl2N4/c13-5-1-9-12(17-4-5)19-11(18-9)7-2-6(14)3-8(15)10(7)16/h1-4H,16H2,(H,17,18,19). The van der Waals surface area contributed by atoms with E-state index in [1.807, 2.05) is 6.07 Å². The van der Waals surface area contributed by atoms with Crippen molar-refractivity contribution in [1.82, 2.24) is 15.0 Å². The highest BCUT2D eigenvalue weighted by Gasteiger charge is 2.12. The Morgan fingerprint density at radius 1 is 1.21 bits per heavy atom. The smallest absolute Gasteiger partial charge is 0.178 e. The van der Waals surface area contributed by atoms with Crippen molar-refractivity contribution in [3.05, 3.63) is 38.9 Å². The molecular weight excluding hydrogens is 351 g/mol. The molecule has 0 spiro atoms. The van der Waals surface area contributed by atoms with Crippen molar-refractivity contribution in [2.24, 2.45) is 0 Å². The zero-order chi connectivity index (χ0) is 13.6. The molecule has 0 atom stereocenters. The van der Waals surface area contributed by atoms with Gasteiger partial charge in [-0.25, -0.2) is 9.97 Å². The highest BCUT2D eigenvalue weighted by molar-refractivity contribution is 9.10. The lowest BCUT2D eigenvalue weighted by Gasteiger charge is -2.05. The average Bonchev–Trinajstić information content (AvgIpc) is 2.76. The fourth-order valence-electron chi connectivity index (χ4n) is 1.78. The summed E-state index contributed by atoms with van der Waals surface area (Å²) < 4.78 is 0.868. The number of aromatic nitrogens is 3. The van der Waals surface area contributed by atoms with Gasteiger partial charge in [0.05, 0.1) is 16.2 Å². The molecule has 0 saturated heterocycles. The molecule has 3 aromatic rings.